The molecule has 0 aliphatic carbocycles. The third-order valence-corrected chi connectivity index (χ3v) is 3.24. The zero-order chi connectivity index (χ0) is 19.3. The number of benzene rings is 1. The molecular weight excluding hydrogens is 308 g/mol. The van der Waals surface area contributed by atoms with Crippen molar-refractivity contribution in [3.05, 3.63) is 80.4 Å². The molecule has 0 fully saturated rings. The number of carbonyl (C=O) groups excluding carboxylic acids is 1. The summed E-state index contributed by atoms with van der Waals surface area (Å²) in [6.45, 7) is 17.9. The Labute approximate surface area is 154 Å². The number of hydrogen-bond acceptors (Lipinski definition) is 2. The highest BCUT2D eigenvalue weighted by atomic mass is 16.5. The second-order valence-electron chi connectivity index (χ2n) is 5.25. The molecule has 0 saturated heterocycles. The second-order valence-corrected chi connectivity index (χ2v) is 5.25. The van der Waals surface area contributed by atoms with E-state index >= 15 is 0 Å². The largest absolute Gasteiger partial charge is 0.459 e. The molecule has 0 aliphatic rings. The lowest BCUT2D eigenvalue weighted by atomic mass is 10.1. The summed E-state index contributed by atoms with van der Waals surface area (Å²) in [5.74, 6) is -0.302. The summed E-state index contributed by atoms with van der Waals surface area (Å²) in [5, 5.41) is 0. The lowest BCUT2D eigenvalue weighted by molar-refractivity contribution is -0.143. The van der Waals surface area contributed by atoms with Gasteiger partial charge in [-0.05, 0) is 24.8 Å². The molecule has 0 amide bonds. The zero-order valence-electron chi connectivity index (χ0n) is 16.0. The van der Waals surface area contributed by atoms with Gasteiger partial charge in [0.15, 0.2) is 0 Å². The Hall–Kier alpha value is -2.35. The molecule has 1 atom stereocenters. The smallest absolute Gasteiger partial charge is 0.330 e. The Morgan fingerprint density at radius 2 is 1.64 bits per heavy atom. The van der Waals surface area contributed by atoms with Crippen LogP contribution in [0.25, 0.3) is 6.08 Å². The summed E-state index contributed by atoms with van der Waals surface area (Å²) in [4.78, 5) is 10.9. The number of allylic oxidation sites excluding steroid dienone is 2. The predicted molar refractivity (Wildman–Crippen MR) is 111 cm³/mol. The maximum atomic E-state index is 10.9. The lowest BCUT2D eigenvalue weighted by Crippen LogP contribution is -2.15. The molecule has 2 nitrogen and oxygen atoms in total. The predicted octanol–water partition coefficient (Wildman–Crippen LogP) is 6.76. The number of hydrogen-bond donors (Lipinski definition) is 0. The first-order valence-corrected chi connectivity index (χ1v) is 8.83. The first kappa shape index (κ1) is 24.9. The maximum Gasteiger partial charge on any atom is 0.330 e. The van der Waals surface area contributed by atoms with Crippen LogP contribution in [-0.2, 0) is 9.53 Å². The van der Waals surface area contributed by atoms with E-state index in [1.807, 2.05) is 43.3 Å². The molecule has 0 aromatic heterocycles. The van der Waals surface area contributed by atoms with Crippen molar-refractivity contribution in [2.24, 2.45) is 0 Å². The molecule has 25 heavy (non-hydrogen) atoms. The fraction of sp³-hybridized carbons (Fsp3) is 0.348. The van der Waals surface area contributed by atoms with Crippen molar-refractivity contribution in [1.29, 1.82) is 0 Å². The van der Waals surface area contributed by atoms with Gasteiger partial charge in [0, 0.05) is 6.08 Å². The van der Waals surface area contributed by atoms with Gasteiger partial charge in [0.05, 0.1) is 0 Å². The van der Waals surface area contributed by atoms with E-state index in [0.717, 1.165) is 19.3 Å². The van der Waals surface area contributed by atoms with Crippen molar-refractivity contribution in [3.8, 4) is 0 Å². The molecule has 0 bridgehead atoms. The van der Waals surface area contributed by atoms with E-state index in [4.69, 9.17) is 4.74 Å². The Kier molecular flexibility index (Phi) is 19.6. The molecular formula is C23H34O2. The van der Waals surface area contributed by atoms with Crippen molar-refractivity contribution in [1.82, 2.24) is 0 Å². The van der Waals surface area contributed by atoms with Gasteiger partial charge in [-0.2, -0.15) is 0 Å². The Morgan fingerprint density at radius 3 is 2.00 bits per heavy atom. The highest BCUT2D eigenvalue weighted by Gasteiger charge is 2.08. The van der Waals surface area contributed by atoms with Crippen LogP contribution in [-0.4, -0.2) is 12.1 Å². The summed E-state index contributed by atoms with van der Waals surface area (Å²) in [6.07, 6.45) is 11.8. The van der Waals surface area contributed by atoms with Gasteiger partial charge < -0.3 is 4.74 Å². The molecule has 1 rings (SSSR count). The normalized spacial score (nSPS) is 9.84. The van der Waals surface area contributed by atoms with E-state index in [1.165, 1.54) is 24.5 Å². The lowest BCUT2D eigenvalue weighted by Gasteiger charge is -2.14. The summed E-state index contributed by atoms with van der Waals surface area (Å²) in [6, 6.07) is 10.0. The minimum atomic E-state index is -0.302. The van der Waals surface area contributed by atoms with E-state index in [0.29, 0.717) is 0 Å². The number of unbranched alkanes of at least 4 members (excludes halogenated alkanes) is 2. The van der Waals surface area contributed by atoms with Gasteiger partial charge in [0.2, 0.25) is 0 Å². The van der Waals surface area contributed by atoms with Crippen LogP contribution in [0.1, 0.15) is 51.5 Å². The van der Waals surface area contributed by atoms with Gasteiger partial charge in [0.25, 0.3) is 0 Å². The average molecular weight is 343 g/mol. The van der Waals surface area contributed by atoms with Crippen LogP contribution in [0.3, 0.4) is 0 Å². The zero-order valence-corrected chi connectivity index (χ0v) is 16.0. The van der Waals surface area contributed by atoms with Crippen LogP contribution < -0.4 is 0 Å². The quantitative estimate of drug-likeness (QED) is 0.214. The van der Waals surface area contributed by atoms with Crippen LogP contribution in [0.5, 0.6) is 0 Å². The maximum absolute atomic E-state index is 10.9. The van der Waals surface area contributed by atoms with Crippen molar-refractivity contribution < 1.29 is 9.53 Å². The van der Waals surface area contributed by atoms with Crippen LogP contribution in [0.15, 0.2) is 74.9 Å². The molecule has 0 spiro atoms. The van der Waals surface area contributed by atoms with Crippen LogP contribution in [0, 0.1) is 0 Å². The van der Waals surface area contributed by atoms with Crippen molar-refractivity contribution >= 4 is 12.0 Å². The van der Waals surface area contributed by atoms with Gasteiger partial charge in [-0.15, -0.1) is 0 Å². The molecule has 0 heterocycles. The Morgan fingerprint density at radius 1 is 1.04 bits per heavy atom. The Balaban J connectivity index is 0. The second kappa shape index (κ2) is 19.7. The number of ether oxygens (including phenoxy) is 1. The first-order valence-electron chi connectivity index (χ1n) is 8.83. The van der Waals surface area contributed by atoms with E-state index in [9.17, 15) is 4.79 Å². The fourth-order valence-electron chi connectivity index (χ4n) is 1.77. The molecule has 138 valence electrons. The van der Waals surface area contributed by atoms with Crippen molar-refractivity contribution in [3.63, 3.8) is 0 Å². The molecule has 0 N–H and O–H groups in total. The summed E-state index contributed by atoms with van der Waals surface area (Å²) >= 11 is 0. The highest BCUT2D eigenvalue weighted by Crippen LogP contribution is 2.10. The van der Waals surface area contributed by atoms with Gasteiger partial charge in [-0.1, -0.05) is 102 Å². The standard InChI is InChI=1S/C11H20O2.C8H8.C4H6/c1-4-7-8-9-10(5-2)13-11(12)6-3;1-2-8-6-4-3-5-7-8;1-3-4-2/h6,10H,3-5,7-9H2,1-2H3;2-7H,1H2;3-4H,1-2H2. The van der Waals surface area contributed by atoms with E-state index in [-0.39, 0.29) is 12.1 Å². The first-order chi connectivity index (χ1) is 12.1. The van der Waals surface area contributed by atoms with Gasteiger partial charge >= 0.3 is 5.97 Å². The molecule has 0 aliphatic heterocycles. The molecule has 0 radical (unpaired) electrons. The minimum Gasteiger partial charge on any atom is -0.459 e. The highest BCUT2D eigenvalue weighted by molar-refractivity contribution is 5.81. The summed E-state index contributed by atoms with van der Waals surface area (Å²) in [5.41, 5.74) is 1.17. The molecule has 1 aromatic carbocycles. The third-order valence-electron chi connectivity index (χ3n) is 3.24. The van der Waals surface area contributed by atoms with E-state index < -0.39 is 0 Å². The van der Waals surface area contributed by atoms with E-state index in [1.54, 1.807) is 12.2 Å². The summed E-state index contributed by atoms with van der Waals surface area (Å²) < 4.78 is 5.14. The van der Waals surface area contributed by atoms with Crippen molar-refractivity contribution in [2.75, 3.05) is 0 Å². The molecule has 1 unspecified atom stereocenters. The van der Waals surface area contributed by atoms with Crippen LogP contribution in [0.2, 0.25) is 0 Å². The minimum absolute atomic E-state index is 0.0806. The SMILES string of the molecule is C=CC(=O)OC(CC)CCCCC.C=CC=C.C=Cc1ccccc1. The van der Waals surface area contributed by atoms with Crippen LogP contribution in [0.4, 0.5) is 0 Å². The molecule has 1 aromatic rings. The van der Waals surface area contributed by atoms with Gasteiger partial charge in [-0.3, -0.25) is 0 Å². The Bertz CT molecular complexity index is 468. The number of esters is 1. The van der Waals surface area contributed by atoms with E-state index in [2.05, 4.69) is 33.2 Å². The third kappa shape index (κ3) is 17.8. The molecule has 2 heteroatoms. The summed E-state index contributed by atoms with van der Waals surface area (Å²) in [7, 11) is 0. The topological polar surface area (TPSA) is 26.3 Å². The van der Waals surface area contributed by atoms with Crippen molar-refractivity contribution in [2.45, 2.75) is 52.1 Å². The fourth-order valence-corrected chi connectivity index (χ4v) is 1.77. The average Bonchev–Trinajstić information content (AvgIpc) is 2.68. The monoisotopic (exact) mass is 342 g/mol. The van der Waals surface area contributed by atoms with Gasteiger partial charge in [0.1, 0.15) is 6.10 Å². The van der Waals surface area contributed by atoms with Crippen LogP contribution >= 0.6 is 0 Å². The molecule has 0 saturated carbocycles. The number of carbonyl (C=O) groups is 1. The number of rotatable bonds is 9. The van der Waals surface area contributed by atoms with Gasteiger partial charge in [-0.25, -0.2) is 4.79 Å².